The van der Waals surface area contributed by atoms with Crippen molar-refractivity contribution >= 4 is 6.09 Å². The Bertz CT molecular complexity index is 455. The van der Waals surface area contributed by atoms with Crippen molar-refractivity contribution in [1.82, 2.24) is 10.6 Å². The number of rotatable bonds is 4. The quantitative estimate of drug-likeness (QED) is 0.791. The summed E-state index contributed by atoms with van der Waals surface area (Å²) in [6.45, 7) is 0. The van der Waals surface area contributed by atoms with E-state index in [0.717, 1.165) is 25.7 Å². The maximum absolute atomic E-state index is 10.6. The van der Waals surface area contributed by atoms with Crippen molar-refractivity contribution in [3.8, 4) is 0 Å². The summed E-state index contributed by atoms with van der Waals surface area (Å²) in [5.41, 5.74) is 1.44. The zero-order valence-corrected chi connectivity index (χ0v) is 11.6. The van der Waals surface area contributed by atoms with Gasteiger partial charge < -0.3 is 15.7 Å². The third-order valence-corrected chi connectivity index (χ3v) is 4.52. The standard InChI is InChI=1S/C16H22N2O2/c19-16(20)18-13-8-6-12(7-9-13)17-15-10-14(15)11-4-2-1-3-5-11/h1-5,12-15,17-18H,6-10H2,(H,19,20)/t12-,13-,14-,15+/m1/s1. The Labute approximate surface area is 119 Å². The van der Waals surface area contributed by atoms with Gasteiger partial charge in [-0.15, -0.1) is 0 Å². The Balaban J connectivity index is 1.42. The molecule has 3 rings (SSSR count). The van der Waals surface area contributed by atoms with E-state index in [1.165, 1.54) is 12.0 Å². The molecule has 0 unspecified atom stereocenters. The molecule has 1 aromatic rings. The second-order valence-electron chi connectivity index (χ2n) is 6.02. The molecule has 0 aliphatic heterocycles. The molecule has 20 heavy (non-hydrogen) atoms. The van der Waals surface area contributed by atoms with Gasteiger partial charge >= 0.3 is 6.09 Å². The van der Waals surface area contributed by atoms with Crippen LogP contribution in [0.5, 0.6) is 0 Å². The lowest BCUT2D eigenvalue weighted by Gasteiger charge is -2.29. The summed E-state index contributed by atoms with van der Waals surface area (Å²) in [4.78, 5) is 10.6. The molecule has 0 aromatic heterocycles. The summed E-state index contributed by atoms with van der Waals surface area (Å²) in [6.07, 6.45) is 4.38. The average molecular weight is 274 g/mol. The monoisotopic (exact) mass is 274 g/mol. The SMILES string of the molecule is O=C(O)N[C@H]1CC[C@H](N[C@H]2C[C@@H]2c2ccccc2)CC1. The predicted molar refractivity (Wildman–Crippen MR) is 77.9 cm³/mol. The van der Waals surface area contributed by atoms with Gasteiger partial charge in [0.1, 0.15) is 0 Å². The molecule has 3 N–H and O–H groups in total. The first-order valence-corrected chi connectivity index (χ1v) is 7.53. The second kappa shape index (κ2) is 5.83. The van der Waals surface area contributed by atoms with E-state index in [1.54, 1.807) is 0 Å². The third kappa shape index (κ3) is 3.31. The molecule has 108 valence electrons. The Morgan fingerprint density at radius 3 is 2.35 bits per heavy atom. The van der Waals surface area contributed by atoms with E-state index in [-0.39, 0.29) is 6.04 Å². The Morgan fingerprint density at radius 1 is 1.05 bits per heavy atom. The molecule has 2 atom stereocenters. The van der Waals surface area contributed by atoms with Crippen LogP contribution in [0.1, 0.15) is 43.6 Å². The molecule has 4 nitrogen and oxygen atoms in total. The highest BCUT2D eigenvalue weighted by Crippen LogP contribution is 2.41. The Morgan fingerprint density at radius 2 is 1.70 bits per heavy atom. The van der Waals surface area contributed by atoms with Gasteiger partial charge in [-0.25, -0.2) is 4.79 Å². The van der Waals surface area contributed by atoms with E-state index in [1.807, 2.05) is 0 Å². The predicted octanol–water partition coefficient (Wildman–Crippen LogP) is 2.71. The molecule has 2 saturated carbocycles. The summed E-state index contributed by atoms with van der Waals surface area (Å²) < 4.78 is 0. The molecular formula is C16H22N2O2. The smallest absolute Gasteiger partial charge is 0.404 e. The fourth-order valence-electron chi connectivity index (χ4n) is 3.33. The van der Waals surface area contributed by atoms with Crippen molar-refractivity contribution < 1.29 is 9.90 Å². The zero-order valence-electron chi connectivity index (χ0n) is 11.6. The highest BCUT2D eigenvalue weighted by Gasteiger charge is 2.39. The van der Waals surface area contributed by atoms with Crippen LogP contribution in [0.25, 0.3) is 0 Å². The molecule has 1 aromatic carbocycles. The van der Waals surface area contributed by atoms with E-state index in [4.69, 9.17) is 5.11 Å². The molecule has 0 spiro atoms. The molecule has 1 amide bonds. The van der Waals surface area contributed by atoms with Crippen molar-refractivity contribution in [3.63, 3.8) is 0 Å². The van der Waals surface area contributed by atoms with Gasteiger partial charge in [-0.05, 0) is 37.7 Å². The fraction of sp³-hybridized carbons (Fsp3) is 0.562. The lowest BCUT2D eigenvalue weighted by atomic mass is 9.91. The van der Waals surface area contributed by atoms with Gasteiger partial charge in [0.25, 0.3) is 0 Å². The van der Waals surface area contributed by atoms with Crippen LogP contribution in [0, 0.1) is 0 Å². The number of carbonyl (C=O) groups is 1. The van der Waals surface area contributed by atoms with Gasteiger partial charge in [-0.3, -0.25) is 0 Å². The largest absolute Gasteiger partial charge is 0.465 e. The third-order valence-electron chi connectivity index (χ3n) is 4.52. The van der Waals surface area contributed by atoms with Gasteiger partial charge in [-0.2, -0.15) is 0 Å². The van der Waals surface area contributed by atoms with Crippen LogP contribution in [-0.4, -0.2) is 29.3 Å². The average Bonchev–Trinajstić information content (AvgIpc) is 3.21. The number of carboxylic acid groups (broad SMARTS) is 1. The van der Waals surface area contributed by atoms with Gasteiger partial charge in [-0.1, -0.05) is 30.3 Å². The van der Waals surface area contributed by atoms with E-state index >= 15 is 0 Å². The lowest BCUT2D eigenvalue weighted by Crippen LogP contribution is -2.42. The first kappa shape index (κ1) is 13.4. The first-order valence-electron chi connectivity index (χ1n) is 7.53. The highest BCUT2D eigenvalue weighted by atomic mass is 16.4. The molecule has 4 heteroatoms. The molecule has 0 heterocycles. The number of hydrogen-bond acceptors (Lipinski definition) is 2. The van der Waals surface area contributed by atoms with E-state index in [0.29, 0.717) is 18.0 Å². The van der Waals surface area contributed by atoms with E-state index in [9.17, 15) is 4.79 Å². The van der Waals surface area contributed by atoms with Crippen LogP contribution in [0.3, 0.4) is 0 Å². The number of amides is 1. The van der Waals surface area contributed by atoms with Crippen LogP contribution >= 0.6 is 0 Å². The summed E-state index contributed by atoms with van der Waals surface area (Å²) in [5.74, 6) is 0.672. The number of benzene rings is 1. The highest BCUT2D eigenvalue weighted by molar-refractivity contribution is 5.64. The Kier molecular flexibility index (Phi) is 3.92. The van der Waals surface area contributed by atoms with Gasteiger partial charge in [0, 0.05) is 24.0 Å². The fourth-order valence-corrected chi connectivity index (χ4v) is 3.33. The van der Waals surface area contributed by atoms with Crippen molar-refractivity contribution in [2.75, 3.05) is 0 Å². The Hall–Kier alpha value is -1.55. The van der Waals surface area contributed by atoms with Crippen molar-refractivity contribution in [1.29, 1.82) is 0 Å². The second-order valence-corrected chi connectivity index (χ2v) is 6.02. The molecule has 0 bridgehead atoms. The lowest BCUT2D eigenvalue weighted by molar-refractivity contribution is 0.183. The van der Waals surface area contributed by atoms with Crippen molar-refractivity contribution in [2.24, 2.45) is 0 Å². The maximum atomic E-state index is 10.6. The minimum Gasteiger partial charge on any atom is -0.465 e. The van der Waals surface area contributed by atoms with Gasteiger partial charge in [0.2, 0.25) is 0 Å². The molecule has 2 fully saturated rings. The summed E-state index contributed by atoms with van der Waals surface area (Å²) in [7, 11) is 0. The van der Waals surface area contributed by atoms with Crippen LogP contribution in [0.4, 0.5) is 4.79 Å². The number of nitrogens with one attached hydrogen (secondary N) is 2. The molecule has 0 saturated heterocycles. The zero-order chi connectivity index (χ0) is 13.9. The molecular weight excluding hydrogens is 252 g/mol. The number of hydrogen-bond donors (Lipinski definition) is 3. The van der Waals surface area contributed by atoms with Crippen LogP contribution in [0.2, 0.25) is 0 Å². The van der Waals surface area contributed by atoms with E-state index < -0.39 is 6.09 Å². The minimum atomic E-state index is -0.896. The van der Waals surface area contributed by atoms with Crippen molar-refractivity contribution in [2.45, 2.75) is 56.1 Å². The van der Waals surface area contributed by atoms with E-state index in [2.05, 4.69) is 41.0 Å². The molecule has 2 aliphatic rings. The van der Waals surface area contributed by atoms with Crippen molar-refractivity contribution in [3.05, 3.63) is 35.9 Å². The van der Waals surface area contributed by atoms with Crippen LogP contribution in [-0.2, 0) is 0 Å². The summed E-state index contributed by atoms with van der Waals surface area (Å²) in [5, 5.41) is 15.1. The van der Waals surface area contributed by atoms with Gasteiger partial charge in [0.05, 0.1) is 0 Å². The topological polar surface area (TPSA) is 61.4 Å². The normalized spacial score (nSPS) is 32.6. The molecule has 2 aliphatic carbocycles. The minimum absolute atomic E-state index is 0.148. The van der Waals surface area contributed by atoms with Crippen LogP contribution in [0.15, 0.2) is 30.3 Å². The molecule has 0 radical (unpaired) electrons. The maximum Gasteiger partial charge on any atom is 0.404 e. The summed E-state index contributed by atoms with van der Waals surface area (Å²) in [6, 6.07) is 12.0. The summed E-state index contributed by atoms with van der Waals surface area (Å²) >= 11 is 0. The van der Waals surface area contributed by atoms with Gasteiger partial charge in [0.15, 0.2) is 0 Å². The first-order chi connectivity index (χ1) is 9.72. The van der Waals surface area contributed by atoms with Crippen LogP contribution < -0.4 is 10.6 Å².